The molecule has 7 heteroatoms. The molecular formula is C15H12ClN3O3. The van der Waals surface area contributed by atoms with Gasteiger partial charge in [-0.2, -0.15) is 0 Å². The number of nitrogens with zero attached hydrogens (tertiary/aromatic N) is 2. The first-order valence-corrected chi connectivity index (χ1v) is 6.97. The van der Waals surface area contributed by atoms with Gasteiger partial charge in [0.25, 0.3) is 11.8 Å². The molecule has 3 rings (SSSR count). The first-order valence-electron chi connectivity index (χ1n) is 6.60. The number of β-amino-alcohol motifs (C(OH)–C–C–N with tert-alkyl or cyclic N) is 1. The summed E-state index contributed by atoms with van der Waals surface area (Å²) in [5, 5.41) is 13.2. The molecule has 0 fully saturated rings. The summed E-state index contributed by atoms with van der Waals surface area (Å²) in [4.78, 5) is 29.1. The van der Waals surface area contributed by atoms with Gasteiger partial charge in [-0.3, -0.25) is 19.5 Å². The summed E-state index contributed by atoms with van der Waals surface area (Å²) < 4.78 is 0. The molecule has 0 radical (unpaired) electrons. The van der Waals surface area contributed by atoms with Crippen LogP contribution in [0.15, 0.2) is 42.2 Å². The van der Waals surface area contributed by atoms with Crippen molar-refractivity contribution in [3.05, 3.63) is 47.3 Å². The molecule has 0 spiro atoms. The lowest BCUT2D eigenvalue weighted by Crippen LogP contribution is -2.34. The summed E-state index contributed by atoms with van der Waals surface area (Å²) in [7, 11) is 0. The van der Waals surface area contributed by atoms with E-state index in [4.69, 9.17) is 16.7 Å². The number of fused-ring (bicyclic) bond motifs is 1. The van der Waals surface area contributed by atoms with Crippen LogP contribution in [0.25, 0.3) is 10.9 Å². The van der Waals surface area contributed by atoms with Gasteiger partial charge in [0, 0.05) is 17.7 Å². The third-order valence-electron chi connectivity index (χ3n) is 3.28. The number of hydrogen-bond acceptors (Lipinski definition) is 5. The molecule has 1 aromatic heterocycles. The monoisotopic (exact) mass is 317 g/mol. The fraction of sp³-hybridized carbons (Fsp3) is 0.133. The fourth-order valence-corrected chi connectivity index (χ4v) is 2.46. The molecule has 2 amide bonds. The number of pyridine rings is 1. The maximum Gasteiger partial charge on any atom is 0.277 e. The number of carbonyl (C=O) groups is 2. The zero-order valence-electron chi connectivity index (χ0n) is 11.4. The van der Waals surface area contributed by atoms with Gasteiger partial charge in [0.15, 0.2) is 0 Å². The second-order valence-electron chi connectivity index (χ2n) is 4.73. The SMILES string of the molecule is O=C1C=C(Nc2cccc3cc(Cl)cnc23)C(=O)N1CCO. The number of hydrogen-bond donors (Lipinski definition) is 2. The molecule has 0 saturated carbocycles. The number of benzene rings is 1. The lowest BCUT2D eigenvalue weighted by atomic mass is 10.2. The predicted molar refractivity (Wildman–Crippen MR) is 82.3 cm³/mol. The molecule has 2 N–H and O–H groups in total. The minimum absolute atomic E-state index is 0.0251. The van der Waals surface area contributed by atoms with E-state index >= 15 is 0 Å². The van der Waals surface area contributed by atoms with Crippen molar-refractivity contribution in [3.8, 4) is 0 Å². The second kappa shape index (κ2) is 5.75. The summed E-state index contributed by atoms with van der Waals surface area (Å²) in [6, 6.07) is 7.18. The highest BCUT2D eigenvalue weighted by molar-refractivity contribution is 6.31. The van der Waals surface area contributed by atoms with Crippen LogP contribution in [0.4, 0.5) is 5.69 Å². The number of imide groups is 1. The van der Waals surface area contributed by atoms with Crippen molar-refractivity contribution in [1.29, 1.82) is 0 Å². The maximum absolute atomic E-state index is 12.1. The van der Waals surface area contributed by atoms with Gasteiger partial charge in [-0.05, 0) is 12.1 Å². The molecule has 0 saturated heterocycles. The van der Waals surface area contributed by atoms with Crippen LogP contribution in [0.5, 0.6) is 0 Å². The number of aliphatic hydroxyl groups excluding tert-OH is 1. The van der Waals surface area contributed by atoms with Crippen LogP contribution >= 0.6 is 11.6 Å². The van der Waals surface area contributed by atoms with Crippen molar-refractivity contribution in [1.82, 2.24) is 9.88 Å². The number of aliphatic hydroxyl groups is 1. The predicted octanol–water partition coefficient (Wildman–Crippen LogP) is 1.55. The number of anilines is 1. The Morgan fingerprint density at radius 3 is 2.91 bits per heavy atom. The van der Waals surface area contributed by atoms with Gasteiger partial charge in [-0.25, -0.2) is 0 Å². The number of rotatable bonds is 4. The highest BCUT2D eigenvalue weighted by Crippen LogP contribution is 2.26. The third-order valence-corrected chi connectivity index (χ3v) is 3.49. The van der Waals surface area contributed by atoms with Gasteiger partial charge < -0.3 is 10.4 Å². The molecule has 2 aromatic rings. The van der Waals surface area contributed by atoms with Crippen LogP contribution in [0.3, 0.4) is 0 Å². The van der Waals surface area contributed by atoms with Crippen molar-refractivity contribution < 1.29 is 14.7 Å². The first-order chi connectivity index (χ1) is 10.6. The number of aromatic nitrogens is 1. The lowest BCUT2D eigenvalue weighted by Gasteiger charge is -2.14. The molecule has 2 heterocycles. The second-order valence-corrected chi connectivity index (χ2v) is 5.17. The highest BCUT2D eigenvalue weighted by Gasteiger charge is 2.30. The standard InChI is InChI=1S/C15H12ClN3O3/c16-10-6-9-2-1-3-11(14(9)17-8-10)18-12-7-13(21)19(4-5-20)15(12)22/h1-3,6-8,18,20H,4-5H2. The summed E-state index contributed by atoms with van der Waals surface area (Å²) in [6.07, 6.45) is 2.73. The van der Waals surface area contributed by atoms with Gasteiger partial charge in [-0.15, -0.1) is 0 Å². The molecule has 22 heavy (non-hydrogen) atoms. The van der Waals surface area contributed by atoms with Crippen molar-refractivity contribution in [2.75, 3.05) is 18.5 Å². The molecule has 1 aromatic carbocycles. The molecule has 0 aliphatic carbocycles. The quantitative estimate of drug-likeness (QED) is 0.836. The lowest BCUT2D eigenvalue weighted by molar-refractivity contribution is -0.137. The summed E-state index contributed by atoms with van der Waals surface area (Å²) >= 11 is 5.91. The number of amides is 2. The number of halogens is 1. The largest absolute Gasteiger partial charge is 0.395 e. The van der Waals surface area contributed by atoms with Gasteiger partial charge in [-0.1, -0.05) is 23.7 Å². The molecule has 0 unspecified atom stereocenters. The van der Waals surface area contributed by atoms with Crippen LogP contribution in [0.1, 0.15) is 0 Å². The van der Waals surface area contributed by atoms with E-state index in [1.807, 2.05) is 6.07 Å². The topological polar surface area (TPSA) is 82.5 Å². The van der Waals surface area contributed by atoms with E-state index in [1.54, 1.807) is 18.2 Å². The number of para-hydroxylation sites is 1. The Balaban J connectivity index is 1.93. The Labute approximate surface area is 131 Å². The summed E-state index contributed by atoms with van der Waals surface area (Å²) in [5.41, 5.74) is 1.41. The molecular weight excluding hydrogens is 306 g/mol. The van der Waals surface area contributed by atoms with Crippen LogP contribution in [-0.4, -0.2) is 40.0 Å². The Morgan fingerprint density at radius 1 is 1.32 bits per heavy atom. The fourth-order valence-electron chi connectivity index (χ4n) is 2.29. The van der Waals surface area contributed by atoms with Gasteiger partial charge in [0.05, 0.1) is 29.4 Å². The van der Waals surface area contributed by atoms with Crippen molar-refractivity contribution >= 4 is 40.0 Å². The maximum atomic E-state index is 12.1. The molecule has 1 aliphatic heterocycles. The Morgan fingerprint density at radius 2 is 2.14 bits per heavy atom. The van der Waals surface area contributed by atoms with Gasteiger partial charge in [0.1, 0.15) is 5.70 Å². The molecule has 0 bridgehead atoms. The number of nitrogens with one attached hydrogen (secondary N) is 1. The van der Waals surface area contributed by atoms with Crippen LogP contribution in [0.2, 0.25) is 5.02 Å². The summed E-state index contributed by atoms with van der Waals surface area (Å²) in [6.45, 7) is -0.296. The third kappa shape index (κ3) is 2.54. The van der Waals surface area contributed by atoms with Crippen LogP contribution < -0.4 is 5.32 Å². The average Bonchev–Trinajstić information content (AvgIpc) is 2.75. The van der Waals surface area contributed by atoms with Crippen LogP contribution in [0, 0.1) is 0 Å². The first kappa shape index (κ1) is 14.5. The van der Waals surface area contributed by atoms with Crippen molar-refractivity contribution in [2.45, 2.75) is 0 Å². The zero-order valence-corrected chi connectivity index (χ0v) is 12.2. The average molecular weight is 318 g/mol. The van der Waals surface area contributed by atoms with Gasteiger partial charge >= 0.3 is 0 Å². The minimum atomic E-state index is -0.468. The van der Waals surface area contributed by atoms with E-state index in [0.717, 1.165) is 10.3 Å². The minimum Gasteiger partial charge on any atom is -0.395 e. The van der Waals surface area contributed by atoms with Crippen LogP contribution in [-0.2, 0) is 9.59 Å². The Kier molecular flexibility index (Phi) is 3.79. The van der Waals surface area contributed by atoms with E-state index in [1.165, 1.54) is 12.3 Å². The molecule has 0 atom stereocenters. The number of carbonyl (C=O) groups excluding carboxylic acids is 2. The molecule has 112 valence electrons. The Hall–Kier alpha value is -2.44. The Bertz CT molecular complexity index is 804. The normalized spacial score (nSPS) is 14.6. The van der Waals surface area contributed by atoms with Gasteiger partial charge in [0.2, 0.25) is 0 Å². The summed E-state index contributed by atoms with van der Waals surface area (Å²) in [5.74, 6) is -0.914. The highest BCUT2D eigenvalue weighted by atomic mass is 35.5. The van der Waals surface area contributed by atoms with Crippen molar-refractivity contribution in [2.24, 2.45) is 0 Å². The van der Waals surface area contributed by atoms with E-state index in [0.29, 0.717) is 16.2 Å². The van der Waals surface area contributed by atoms with E-state index in [-0.39, 0.29) is 18.8 Å². The van der Waals surface area contributed by atoms with Crippen molar-refractivity contribution in [3.63, 3.8) is 0 Å². The van der Waals surface area contributed by atoms with E-state index in [2.05, 4.69) is 10.3 Å². The molecule has 6 nitrogen and oxygen atoms in total. The zero-order chi connectivity index (χ0) is 15.7. The molecule has 1 aliphatic rings. The van der Waals surface area contributed by atoms with E-state index < -0.39 is 11.8 Å². The van der Waals surface area contributed by atoms with E-state index in [9.17, 15) is 9.59 Å². The smallest absolute Gasteiger partial charge is 0.277 e.